The van der Waals surface area contributed by atoms with Gasteiger partial charge in [0.15, 0.2) is 6.61 Å². The summed E-state index contributed by atoms with van der Waals surface area (Å²) in [5, 5.41) is 0. The lowest BCUT2D eigenvalue weighted by molar-refractivity contribution is -0.134. The maximum atomic E-state index is 12.1. The molecule has 1 aromatic heterocycles. The van der Waals surface area contributed by atoms with Crippen LogP contribution in [0.4, 0.5) is 0 Å². The third-order valence-corrected chi connectivity index (χ3v) is 3.86. The summed E-state index contributed by atoms with van der Waals surface area (Å²) in [7, 11) is 0. The Bertz CT molecular complexity index is 661. The quantitative estimate of drug-likeness (QED) is 0.911. The van der Waals surface area contributed by atoms with Crippen LogP contribution in [0.5, 0.6) is 17.4 Å². The van der Waals surface area contributed by atoms with E-state index in [-0.39, 0.29) is 18.6 Å². The Morgan fingerprint density at radius 1 is 1.21 bits per heavy atom. The minimum atomic E-state index is -0.0287. The van der Waals surface area contributed by atoms with E-state index in [0.29, 0.717) is 23.9 Å². The van der Waals surface area contributed by atoms with E-state index >= 15 is 0 Å². The second-order valence-electron chi connectivity index (χ2n) is 5.77. The Morgan fingerprint density at radius 3 is 2.71 bits per heavy atom. The lowest BCUT2D eigenvalue weighted by Crippen LogP contribution is -2.47. The van der Waals surface area contributed by atoms with Crippen molar-refractivity contribution in [3.8, 4) is 17.4 Å². The highest BCUT2D eigenvalue weighted by atomic mass is 16.5. The third-order valence-electron chi connectivity index (χ3n) is 3.86. The normalized spacial score (nSPS) is 17.4. The Labute approximate surface area is 141 Å². The van der Waals surface area contributed by atoms with Gasteiger partial charge in [0.25, 0.3) is 5.91 Å². The van der Waals surface area contributed by atoms with E-state index in [1.54, 1.807) is 41.4 Å². The molecule has 0 spiro atoms. The summed E-state index contributed by atoms with van der Waals surface area (Å²) in [6.07, 6.45) is 3.60. The lowest BCUT2D eigenvalue weighted by atomic mass is 10.1. The molecular formula is C18H21N3O3. The number of hydrogen-bond donors (Lipinski definition) is 1. The Hall–Kier alpha value is -2.60. The van der Waals surface area contributed by atoms with Crippen LogP contribution >= 0.6 is 0 Å². The topological polar surface area (TPSA) is 77.7 Å². The highest BCUT2D eigenvalue weighted by Gasteiger charge is 2.21. The summed E-state index contributed by atoms with van der Waals surface area (Å²) in [4.78, 5) is 18.0. The predicted octanol–water partition coefficient (Wildman–Crippen LogP) is 2.20. The van der Waals surface area contributed by atoms with E-state index in [2.05, 4.69) is 4.98 Å². The van der Waals surface area contributed by atoms with E-state index < -0.39 is 0 Å². The summed E-state index contributed by atoms with van der Waals surface area (Å²) >= 11 is 0. The van der Waals surface area contributed by atoms with Gasteiger partial charge in [0, 0.05) is 31.4 Å². The zero-order valence-electron chi connectivity index (χ0n) is 13.4. The van der Waals surface area contributed by atoms with Gasteiger partial charge in [0.2, 0.25) is 5.88 Å². The number of rotatable bonds is 5. The Balaban J connectivity index is 1.50. The fraction of sp³-hybridized carbons (Fsp3) is 0.333. The third kappa shape index (κ3) is 4.45. The fourth-order valence-corrected chi connectivity index (χ4v) is 2.60. The molecule has 6 nitrogen and oxygen atoms in total. The molecule has 0 saturated carbocycles. The molecule has 1 unspecified atom stereocenters. The molecule has 1 aliphatic rings. The average molecular weight is 327 g/mol. The summed E-state index contributed by atoms with van der Waals surface area (Å²) in [5.41, 5.74) is 5.90. The number of ether oxygens (including phenoxy) is 2. The van der Waals surface area contributed by atoms with Crippen molar-refractivity contribution in [3.05, 3.63) is 48.7 Å². The number of pyridine rings is 1. The molecule has 1 aromatic carbocycles. The molecule has 0 aliphatic carbocycles. The van der Waals surface area contributed by atoms with Gasteiger partial charge >= 0.3 is 0 Å². The van der Waals surface area contributed by atoms with E-state index in [9.17, 15) is 4.79 Å². The van der Waals surface area contributed by atoms with Crippen molar-refractivity contribution in [2.45, 2.75) is 18.9 Å². The molecule has 2 N–H and O–H groups in total. The largest absolute Gasteiger partial charge is 0.484 e. The number of aromatic nitrogens is 1. The minimum absolute atomic E-state index is 0.0210. The molecule has 126 valence electrons. The van der Waals surface area contributed by atoms with Gasteiger partial charge in [-0.1, -0.05) is 6.07 Å². The number of hydrogen-bond acceptors (Lipinski definition) is 5. The van der Waals surface area contributed by atoms with E-state index in [4.69, 9.17) is 15.2 Å². The first-order valence-corrected chi connectivity index (χ1v) is 8.06. The van der Waals surface area contributed by atoms with Crippen LogP contribution in [0, 0.1) is 0 Å². The molecule has 0 radical (unpaired) electrons. The first kappa shape index (κ1) is 16.3. The number of benzene rings is 1. The molecule has 24 heavy (non-hydrogen) atoms. The Kier molecular flexibility index (Phi) is 5.28. The van der Waals surface area contributed by atoms with Gasteiger partial charge in [0.1, 0.15) is 11.5 Å². The van der Waals surface area contributed by atoms with Crippen molar-refractivity contribution >= 4 is 5.91 Å². The predicted molar refractivity (Wildman–Crippen MR) is 90.0 cm³/mol. The average Bonchev–Trinajstić information content (AvgIpc) is 2.62. The summed E-state index contributed by atoms with van der Waals surface area (Å²) in [5.74, 6) is 1.79. The number of amides is 1. The Morgan fingerprint density at radius 2 is 2.00 bits per heavy atom. The van der Waals surface area contributed by atoms with Gasteiger partial charge in [-0.25, -0.2) is 4.98 Å². The SMILES string of the molecule is NC1CCCN(C(=O)COc2ccc(Oc3ccccn3)cc2)C1. The van der Waals surface area contributed by atoms with E-state index in [1.807, 2.05) is 12.1 Å². The number of likely N-dealkylation sites (tertiary alicyclic amines) is 1. The summed E-state index contributed by atoms with van der Waals surface area (Å²) in [6, 6.07) is 12.7. The molecule has 6 heteroatoms. The van der Waals surface area contributed by atoms with Crippen LogP contribution in [0.1, 0.15) is 12.8 Å². The van der Waals surface area contributed by atoms with Crippen molar-refractivity contribution in [1.29, 1.82) is 0 Å². The zero-order valence-corrected chi connectivity index (χ0v) is 13.4. The van der Waals surface area contributed by atoms with Gasteiger partial charge in [-0.2, -0.15) is 0 Å². The van der Waals surface area contributed by atoms with E-state index in [0.717, 1.165) is 19.4 Å². The maximum absolute atomic E-state index is 12.1. The molecular weight excluding hydrogens is 306 g/mol. The molecule has 1 aliphatic heterocycles. The first-order chi connectivity index (χ1) is 11.7. The van der Waals surface area contributed by atoms with Gasteiger partial charge in [-0.05, 0) is 43.2 Å². The van der Waals surface area contributed by atoms with Gasteiger partial charge in [0.05, 0.1) is 0 Å². The highest BCUT2D eigenvalue weighted by Crippen LogP contribution is 2.22. The van der Waals surface area contributed by atoms with Crippen LogP contribution in [0.15, 0.2) is 48.7 Å². The number of piperidine rings is 1. The summed E-state index contributed by atoms with van der Waals surface area (Å²) in [6.45, 7) is 1.39. The fourth-order valence-electron chi connectivity index (χ4n) is 2.60. The smallest absolute Gasteiger partial charge is 0.260 e. The number of carbonyl (C=O) groups excluding carboxylic acids is 1. The second-order valence-corrected chi connectivity index (χ2v) is 5.77. The molecule has 1 amide bonds. The molecule has 2 heterocycles. The number of carbonyl (C=O) groups is 1. The maximum Gasteiger partial charge on any atom is 0.260 e. The molecule has 2 aromatic rings. The molecule has 3 rings (SSSR count). The van der Waals surface area contributed by atoms with Crippen LogP contribution in [-0.4, -0.2) is 41.5 Å². The van der Waals surface area contributed by atoms with Crippen molar-refractivity contribution in [3.63, 3.8) is 0 Å². The van der Waals surface area contributed by atoms with Gasteiger partial charge < -0.3 is 20.1 Å². The van der Waals surface area contributed by atoms with Crippen LogP contribution in [0.3, 0.4) is 0 Å². The van der Waals surface area contributed by atoms with Crippen molar-refractivity contribution in [1.82, 2.24) is 9.88 Å². The standard InChI is InChI=1S/C18H21N3O3/c19-14-4-3-11-21(12-14)18(22)13-23-15-6-8-16(9-7-15)24-17-5-1-2-10-20-17/h1-2,5-10,14H,3-4,11-13,19H2. The zero-order chi connectivity index (χ0) is 16.8. The molecule has 1 atom stereocenters. The second kappa shape index (κ2) is 7.79. The summed E-state index contributed by atoms with van der Waals surface area (Å²) < 4.78 is 11.2. The van der Waals surface area contributed by atoms with Crippen molar-refractivity contribution in [2.75, 3.05) is 19.7 Å². The number of nitrogens with zero attached hydrogens (tertiary/aromatic N) is 2. The van der Waals surface area contributed by atoms with Crippen LogP contribution < -0.4 is 15.2 Å². The van der Waals surface area contributed by atoms with Gasteiger partial charge in [-0.15, -0.1) is 0 Å². The van der Waals surface area contributed by atoms with Crippen molar-refractivity contribution in [2.24, 2.45) is 5.73 Å². The van der Waals surface area contributed by atoms with Crippen LogP contribution in [0.2, 0.25) is 0 Å². The van der Waals surface area contributed by atoms with Crippen molar-refractivity contribution < 1.29 is 14.3 Å². The van der Waals surface area contributed by atoms with Gasteiger partial charge in [-0.3, -0.25) is 4.79 Å². The van der Waals surface area contributed by atoms with E-state index in [1.165, 1.54) is 0 Å². The van der Waals surface area contributed by atoms with Crippen LogP contribution in [-0.2, 0) is 4.79 Å². The highest BCUT2D eigenvalue weighted by molar-refractivity contribution is 5.77. The monoisotopic (exact) mass is 327 g/mol. The van der Waals surface area contributed by atoms with Crippen LogP contribution in [0.25, 0.3) is 0 Å². The minimum Gasteiger partial charge on any atom is -0.484 e. The molecule has 0 bridgehead atoms. The first-order valence-electron chi connectivity index (χ1n) is 8.06. The number of nitrogens with two attached hydrogens (primary N) is 1. The molecule has 1 fully saturated rings. The molecule has 1 saturated heterocycles. The lowest BCUT2D eigenvalue weighted by Gasteiger charge is -2.30.